The molecule has 0 aliphatic carbocycles. The van der Waals surface area contributed by atoms with E-state index in [0.717, 1.165) is 17.9 Å². The molecule has 3 heteroatoms. The molecule has 0 spiro atoms. The predicted octanol–water partition coefficient (Wildman–Crippen LogP) is 2.56. The van der Waals surface area contributed by atoms with Crippen molar-refractivity contribution < 1.29 is 0 Å². The zero-order chi connectivity index (χ0) is 11.4. The second kappa shape index (κ2) is 3.34. The molecule has 2 fully saturated rings. The van der Waals surface area contributed by atoms with E-state index in [1.165, 1.54) is 11.3 Å². The zero-order valence-electron chi connectivity index (χ0n) is 9.75. The average molecular weight is 219 g/mol. The van der Waals surface area contributed by atoms with Crippen molar-refractivity contribution in [2.75, 3.05) is 6.54 Å². The molecular weight excluding hydrogens is 201 g/mol. The van der Waals surface area contributed by atoms with Crippen LogP contribution in [-0.2, 0) is 0 Å². The maximum absolute atomic E-state index is 6.51. The third-order valence-corrected chi connectivity index (χ3v) is 4.59. The van der Waals surface area contributed by atoms with Gasteiger partial charge in [-0.1, -0.05) is 20.4 Å². The summed E-state index contributed by atoms with van der Waals surface area (Å²) in [6.45, 7) is 11.6. The fraction of sp³-hybridized carbons (Fsp3) is 0.667. The van der Waals surface area contributed by atoms with Crippen LogP contribution in [0.1, 0.15) is 27.2 Å². The predicted molar refractivity (Wildman–Crippen MR) is 69.0 cm³/mol. The van der Waals surface area contributed by atoms with E-state index in [2.05, 4.69) is 38.0 Å². The molecule has 1 nitrogen and oxygen atoms in total. The van der Waals surface area contributed by atoms with Gasteiger partial charge in [-0.2, -0.15) is 0 Å². The Hall–Kier alpha value is -0.305. The Morgan fingerprint density at radius 2 is 2.20 bits per heavy atom. The van der Waals surface area contributed by atoms with Crippen LogP contribution in [0, 0.1) is 11.8 Å². The van der Waals surface area contributed by atoms with Gasteiger partial charge in [0.2, 0.25) is 0 Å². The molecule has 3 atom stereocenters. The second-order valence-electron chi connectivity index (χ2n) is 5.01. The van der Waals surface area contributed by atoms with Gasteiger partial charge in [-0.25, -0.2) is 0 Å². The Labute approximate surface area is 99.4 Å². The molecule has 2 heterocycles. The molecule has 0 aromatic carbocycles. The van der Waals surface area contributed by atoms with E-state index in [-0.39, 0.29) is 5.44 Å². The molecule has 0 amide bonds. The Kier molecular flexibility index (Phi) is 2.49. The van der Waals surface area contributed by atoms with Crippen molar-refractivity contribution in [1.29, 1.82) is 0 Å². The van der Waals surface area contributed by atoms with Crippen molar-refractivity contribution in [2.24, 2.45) is 11.8 Å². The maximum atomic E-state index is 6.51. The highest BCUT2D eigenvalue weighted by molar-refractivity contribution is 7.84. The summed E-state index contributed by atoms with van der Waals surface area (Å²) in [6.07, 6.45) is 0.937. The van der Waals surface area contributed by atoms with E-state index in [1.807, 2.05) is 6.92 Å². The van der Waals surface area contributed by atoms with Crippen molar-refractivity contribution in [3.63, 3.8) is 0 Å². The summed E-state index contributed by atoms with van der Waals surface area (Å²) in [7, 11) is 6.51. The van der Waals surface area contributed by atoms with Gasteiger partial charge in [0.1, 0.15) is 7.85 Å². The first-order chi connectivity index (χ1) is 6.88. The van der Waals surface area contributed by atoms with Crippen LogP contribution < -0.4 is 0 Å². The van der Waals surface area contributed by atoms with Crippen molar-refractivity contribution in [3.05, 3.63) is 22.8 Å². The smallest absolute Gasteiger partial charge is 0.105 e. The quantitative estimate of drug-likeness (QED) is 0.484. The zero-order valence-corrected chi connectivity index (χ0v) is 10.6. The van der Waals surface area contributed by atoms with Gasteiger partial charge in [-0.15, -0.1) is 12.6 Å². The van der Waals surface area contributed by atoms with Gasteiger partial charge in [-0.05, 0) is 35.7 Å². The van der Waals surface area contributed by atoms with Gasteiger partial charge < -0.3 is 4.90 Å². The molecule has 2 rings (SSSR count). The molecular formula is C12H18BNS. The van der Waals surface area contributed by atoms with Crippen LogP contribution in [0.2, 0.25) is 0 Å². The van der Waals surface area contributed by atoms with Crippen LogP contribution in [0.15, 0.2) is 22.8 Å². The van der Waals surface area contributed by atoms with Crippen LogP contribution in [-0.4, -0.2) is 24.7 Å². The molecule has 2 aliphatic rings. The minimum Gasteiger partial charge on any atom is -0.373 e. The number of hydrogen-bond donors (Lipinski definition) is 1. The number of hydrogen-bond acceptors (Lipinski definition) is 2. The molecule has 0 bridgehead atoms. The van der Waals surface area contributed by atoms with Gasteiger partial charge in [0.25, 0.3) is 0 Å². The van der Waals surface area contributed by atoms with E-state index >= 15 is 0 Å². The topological polar surface area (TPSA) is 3.24 Å². The fourth-order valence-electron chi connectivity index (χ4n) is 2.82. The summed E-state index contributed by atoms with van der Waals surface area (Å²) in [5.74, 6) is 0.965. The van der Waals surface area contributed by atoms with E-state index < -0.39 is 0 Å². The summed E-state index contributed by atoms with van der Waals surface area (Å²) < 4.78 is 0. The number of rotatable bonds is 0. The lowest BCUT2D eigenvalue weighted by Gasteiger charge is -2.33. The fourth-order valence-corrected chi connectivity index (χ4v) is 2.97. The third kappa shape index (κ3) is 1.39. The SMILES string of the molecule is [B]C12C/C(=C(/C)S)CN1C(=C)C(C)C2C. The summed E-state index contributed by atoms with van der Waals surface area (Å²) >= 11 is 4.42. The van der Waals surface area contributed by atoms with Crippen molar-refractivity contribution in [1.82, 2.24) is 4.90 Å². The number of thiol groups is 1. The Morgan fingerprint density at radius 3 is 2.67 bits per heavy atom. The molecule has 15 heavy (non-hydrogen) atoms. The minimum absolute atomic E-state index is 0.212. The van der Waals surface area contributed by atoms with Crippen molar-refractivity contribution in [2.45, 2.75) is 32.6 Å². The van der Waals surface area contributed by atoms with E-state index in [1.54, 1.807) is 0 Å². The van der Waals surface area contributed by atoms with Crippen LogP contribution in [0.5, 0.6) is 0 Å². The lowest BCUT2D eigenvalue weighted by Crippen LogP contribution is -2.42. The van der Waals surface area contributed by atoms with Gasteiger partial charge >= 0.3 is 0 Å². The number of fused-ring (bicyclic) bond motifs is 1. The van der Waals surface area contributed by atoms with E-state index in [0.29, 0.717) is 11.8 Å². The van der Waals surface area contributed by atoms with Gasteiger partial charge in [0.05, 0.1) is 0 Å². The van der Waals surface area contributed by atoms with Crippen LogP contribution in [0.3, 0.4) is 0 Å². The number of allylic oxidation sites excluding steroid dienone is 2. The van der Waals surface area contributed by atoms with Crippen molar-refractivity contribution in [3.8, 4) is 0 Å². The van der Waals surface area contributed by atoms with Crippen LogP contribution in [0.25, 0.3) is 0 Å². The van der Waals surface area contributed by atoms with Crippen LogP contribution in [0.4, 0.5) is 0 Å². The lowest BCUT2D eigenvalue weighted by molar-refractivity contribution is 0.272. The highest BCUT2D eigenvalue weighted by atomic mass is 32.1. The third-order valence-electron chi connectivity index (χ3n) is 4.27. The highest BCUT2D eigenvalue weighted by Gasteiger charge is 2.51. The Bertz CT molecular complexity index is 346. The summed E-state index contributed by atoms with van der Waals surface area (Å²) in [5.41, 5.74) is 2.34. The molecule has 2 aliphatic heterocycles. The molecule has 0 aromatic rings. The Balaban J connectivity index is 2.38. The van der Waals surface area contributed by atoms with Gasteiger partial charge in [-0.3, -0.25) is 0 Å². The first-order valence-electron chi connectivity index (χ1n) is 5.51. The summed E-state index contributed by atoms with van der Waals surface area (Å²) in [4.78, 5) is 3.39. The average Bonchev–Trinajstić information content (AvgIpc) is 2.60. The monoisotopic (exact) mass is 219 g/mol. The molecule has 2 saturated heterocycles. The van der Waals surface area contributed by atoms with Crippen molar-refractivity contribution >= 4 is 20.5 Å². The van der Waals surface area contributed by atoms with E-state index in [4.69, 9.17) is 7.85 Å². The highest BCUT2D eigenvalue weighted by Crippen LogP contribution is 2.50. The largest absolute Gasteiger partial charge is 0.373 e. The molecule has 0 saturated carbocycles. The summed E-state index contributed by atoms with van der Waals surface area (Å²) in [5, 5.41) is 0. The standard InChI is InChI=1S/C12H18BNS/c1-7-8(2)12(13)5-11(10(4)15)6-14(12)9(7)3/h7-8,15H,3,5-6H2,1-2,4H3/b11-10+. The minimum atomic E-state index is -0.212. The lowest BCUT2D eigenvalue weighted by atomic mass is 9.66. The molecule has 0 N–H and O–H groups in total. The molecule has 80 valence electrons. The molecule has 2 radical (unpaired) electrons. The van der Waals surface area contributed by atoms with E-state index in [9.17, 15) is 0 Å². The Morgan fingerprint density at radius 1 is 1.60 bits per heavy atom. The first kappa shape index (κ1) is 11.2. The maximum Gasteiger partial charge on any atom is 0.105 e. The molecule has 3 unspecified atom stereocenters. The van der Waals surface area contributed by atoms with Gasteiger partial charge in [0, 0.05) is 17.7 Å². The normalized spacial score (nSPS) is 43.5. The van der Waals surface area contributed by atoms with Crippen LogP contribution >= 0.6 is 12.6 Å². The van der Waals surface area contributed by atoms with Gasteiger partial charge in [0.15, 0.2) is 0 Å². The number of nitrogens with zero attached hydrogens (tertiary/aromatic N) is 1. The second-order valence-corrected chi connectivity index (χ2v) is 5.68. The first-order valence-corrected chi connectivity index (χ1v) is 5.95. The molecule has 0 aromatic heterocycles. The summed E-state index contributed by atoms with van der Waals surface area (Å²) in [6, 6.07) is 0.